The zero-order chi connectivity index (χ0) is 22.6. The van der Waals surface area contributed by atoms with E-state index >= 15 is 0 Å². The van der Waals surface area contributed by atoms with Crippen LogP contribution in [0.4, 0.5) is 17.1 Å². The first-order valence-electron chi connectivity index (χ1n) is 9.52. The van der Waals surface area contributed by atoms with Crippen molar-refractivity contribution in [3.05, 3.63) is 83.9 Å². The summed E-state index contributed by atoms with van der Waals surface area (Å²) in [6.07, 6.45) is 0. The summed E-state index contributed by atoms with van der Waals surface area (Å²) in [4.78, 5) is 24.3. The molecule has 0 aliphatic heterocycles. The van der Waals surface area contributed by atoms with Crippen molar-refractivity contribution < 1.29 is 18.0 Å². The van der Waals surface area contributed by atoms with E-state index in [2.05, 4.69) is 10.6 Å². The molecule has 31 heavy (non-hydrogen) atoms. The minimum Gasteiger partial charge on any atom is -0.325 e. The highest BCUT2D eigenvalue weighted by molar-refractivity contribution is 7.92. The molecule has 160 valence electrons. The third-order valence-corrected chi connectivity index (χ3v) is 6.39. The molecule has 3 aromatic rings. The maximum absolute atomic E-state index is 13.0. The Morgan fingerprint density at radius 1 is 0.839 bits per heavy atom. The van der Waals surface area contributed by atoms with Crippen molar-refractivity contribution >= 4 is 38.9 Å². The van der Waals surface area contributed by atoms with Crippen LogP contribution < -0.4 is 14.9 Å². The molecule has 0 saturated heterocycles. The van der Waals surface area contributed by atoms with E-state index in [-0.39, 0.29) is 16.4 Å². The molecular formula is C23H23N3O4S. The average molecular weight is 438 g/mol. The number of benzene rings is 3. The monoisotopic (exact) mass is 437 g/mol. The van der Waals surface area contributed by atoms with E-state index in [1.54, 1.807) is 42.5 Å². The SMILES string of the molecule is CC(=O)Nc1ccc(C)cc1NC(=O)c1cccc(S(=O)(=O)N(C)c2ccccc2)c1. The van der Waals surface area contributed by atoms with E-state index in [1.165, 1.54) is 42.5 Å². The van der Waals surface area contributed by atoms with Crippen LogP contribution in [-0.4, -0.2) is 27.3 Å². The Morgan fingerprint density at radius 3 is 2.23 bits per heavy atom. The average Bonchev–Trinajstić information content (AvgIpc) is 2.75. The molecule has 0 unspecified atom stereocenters. The maximum Gasteiger partial charge on any atom is 0.264 e. The number of para-hydroxylation sites is 1. The molecule has 0 aliphatic rings. The molecule has 0 bridgehead atoms. The van der Waals surface area contributed by atoms with Crippen molar-refractivity contribution in [2.75, 3.05) is 22.0 Å². The summed E-state index contributed by atoms with van der Waals surface area (Å²) in [6.45, 7) is 3.24. The summed E-state index contributed by atoms with van der Waals surface area (Å²) in [6, 6.07) is 19.7. The van der Waals surface area contributed by atoms with Gasteiger partial charge in [-0.1, -0.05) is 30.3 Å². The van der Waals surface area contributed by atoms with E-state index in [0.29, 0.717) is 17.1 Å². The fourth-order valence-electron chi connectivity index (χ4n) is 2.99. The number of aryl methyl sites for hydroxylation is 1. The van der Waals surface area contributed by atoms with Crippen molar-refractivity contribution in [3.63, 3.8) is 0 Å². The Morgan fingerprint density at radius 2 is 1.55 bits per heavy atom. The van der Waals surface area contributed by atoms with Gasteiger partial charge in [-0.05, 0) is 55.0 Å². The lowest BCUT2D eigenvalue weighted by Gasteiger charge is -2.20. The number of rotatable bonds is 6. The third-order valence-electron chi connectivity index (χ3n) is 4.61. The number of hydrogen-bond donors (Lipinski definition) is 2. The van der Waals surface area contributed by atoms with Gasteiger partial charge in [0.1, 0.15) is 0 Å². The predicted octanol–water partition coefficient (Wildman–Crippen LogP) is 4.03. The lowest BCUT2D eigenvalue weighted by atomic mass is 10.1. The normalized spacial score (nSPS) is 10.9. The van der Waals surface area contributed by atoms with Crippen molar-refractivity contribution in [2.24, 2.45) is 0 Å². The summed E-state index contributed by atoms with van der Waals surface area (Å²) in [7, 11) is -2.39. The van der Waals surface area contributed by atoms with Crippen molar-refractivity contribution in [3.8, 4) is 0 Å². The Kier molecular flexibility index (Phi) is 6.41. The second-order valence-corrected chi connectivity index (χ2v) is 8.99. The van der Waals surface area contributed by atoms with Crippen LogP contribution in [0.25, 0.3) is 0 Å². The molecule has 3 aromatic carbocycles. The lowest BCUT2D eigenvalue weighted by Crippen LogP contribution is -2.26. The smallest absolute Gasteiger partial charge is 0.264 e. The fourth-order valence-corrected chi connectivity index (χ4v) is 4.23. The number of anilines is 3. The quantitative estimate of drug-likeness (QED) is 0.609. The number of hydrogen-bond acceptors (Lipinski definition) is 4. The predicted molar refractivity (Wildman–Crippen MR) is 122 cm³/mol. The van der Waals surface area contributed by atoms with Gasteiger partial charge in [-0.3, -0.25) is 13.9 Å². The molecule has 8 heteroatoms. The zero-order valence-electron chi connectivity index (χ0n) is 17.4. The Balaban J connectivity index is 1.89. The first-order chi connectivity index (χ1) is 14.7. The second kappa shape index (κ2) is 9.01. The van der Waals surface area contributed by atoms with E-state index in [1.807, 2.05) is 13.0 Å². The molecule has 0 spiro atoms. The topological polar surface area (TPSA) is 95.6 Å². The summed E-state index contributed by atoms with van der Waals surface area (Å²) < 4.78 is 27.2. The van der Waals surface area contributed by atoms with Crippen LogP contribution in [0.2, 0.25) is 0 Å². The van der Waals surface area contributed by atoms with Gasteiger partial charge in [-0.2, -0.15) is 0 Å². The Labute approximate surface area is 181 Å². The van der Waals surface area contributed by atoms with E-state index < -0.39 is 15.9 Å². The minimum absolute atomic E-state index is 0.00201. The maximum atomic E-state index is 13.0. The van der Waals surface area contributed by atoms with Crippen LogP contribution in [0.15, 0.2) is 77.7 Å². The van der Waals surface area contributed by atoms with Crippen molar-refractivity contribution in [2.45, 2.75) is 18.7 Å². The van der Waals surface area contributed by atoms with E-state index in [0.717, 1.165) is 5.56 Å². The van der Waals surface area contributed by atoms with Crippen LogP contribution in [0, 0.1) is 6.92 Å². The highest BCUT2D eigenvalue weighted by Crippen LogP contribution is 2.25. The van der Waals surface area contributed by atoms with Crippen LogP contribution in [0.1, 0.15) is 22.8 Å². The van der Waals surface area contributed by atoms with E-state index in [4.69, 9.17) is 0 Å². The highest BCUT2D eigenvalue weighted by atomic mass is 32.2. The van der Waals surface area contributed by atoms with Gasteiger partial charge in [0.25, 0.3) is 15.9 Å². The molecule has 3 rings (SSSR count). The molecule has 0 fully saturated rings. The zero-order valence-corrected chi connectivity index (χ0v) is 18.2. The van der Waals surface area contributed by atoms with Gasteiger partial charge < -0.3 is 10.6 Å². The van der Waals surface area contributed by atoms with Crippen LogP contribution >= 0.6 is 0 Å². The van der Waals surface area contributed by atoms with Gasteiger partial charge in [0.2, 0.25) is 5.91 Å². The molecule has 0 aromatic heterocycles. The molecular weight excluding hydrogens is 414 g/mol. The highest BCUT2D eigenvalue weighted by Gasteiger charge is 2.22. The fraction of sp³-hybridized carbons (Fsp3) is 0.130. The molecule has 0 heterocycles. The number of sulfonamides is 1. The van der Waals surface area contributed by atoms with Gasteiger partial charge >= 0.3 is 0 Å². The van der Waals surface area contributed by atoms with Gasteiger partial charge in [0.15, 0.2) is 0 Å². The molecule has 2 amide bonds. The number of carbonyl (C=O) groups excluding carboxylic acids is 2. The molecule has 0 aliphatic carbocycles. The van der Waals surface area contributed by atoms with Gasteiger partial charge in [0, 0.05) is 19.5 Å². The summed E-state index contributed by atoms with van der Waals surface area (Å²) >= 11 is 0. The van der Waals surface area contributed by atoms with Crippen LogP contribution in [0.3, 0.4) is 0 Å². The summed E-state index contributed by atoms with van der Waals surface area (Å²) in [5, 5.41) is 5.42. The standard InChI is InChI=1S/C23H23N3O4S/c1-16-12-13-21(24-17(2)27)22(14-16)25-23(28)18-8-7-11-20(15-18)31(29,30)26(3)19-9-5-4-6-10-19/h4-15H,1-3H3,(H,24,27)(H,25,28). The molecule has 0 atom stereocenters. The lowest BCUT2D eigenvalue weighted by molar-refractivity contribution is -0.114. The van der Waals surface area contributed by atoms with E-state index in [9.17, 15) is 18.0 Å². The third kappa shape index (κ3) is 5.10. The number of nitrogens with one attached hydrogen (secondary N) is 2. The van der Waals surface area contributed by atoms with Crippen LogP contribution in [-0.2, 0) is 14.8 Å². The van der Waals surface area contributed by atoms with Crippen LogP contribution in [0.5, 0.6) is 0 Å². The Hall–Kier alpha value is -3.65. The largest absolute Gasteiger partial charge is 0.325 e. The van der Waals surface area contributed by atoms with Gasteiger partial charge in [0.05, 0.1) is 22.0 Å². The van der Waals surface area contributed by atoms with Crippen molar-refractivity contribution in [1.29, 1.82) is 0 Å². The van der Waals surface area contributed by atoms with Gasteiger partial charge in [-0.25, -0.2) is 8.42 Å². The minimum atomic E-state index is -3.86. The molecule has 0 saturated carbocycles. The molecule has 2 N–H and O–H groups in total. The summed E-state index contributed by atoms with van der Waals surface area (Å²) in [5.74, 6) is -0.756. The first kappa shape index (κ1) is 22.0. The summed E-state index contributed by atoms with van der Waals surface area (Å²) in [5.41, 5.74) is 2.47. The van der Waals surface area contributed by atoms with Crippen molar-refractivity contribution in [1.82, 2.24) is 0 Å². The number of amides is 2. The molecule has 0 radical (unpaired) electrons. The Bertz CT molecular complexity index is 1220. The van der Waals surface area contributed by atoms with Gasteiger partial charge in [-0.15, -0.1) is 0 Å². The number of carbonyl (C=O) groups is 2. The first-order valence-corrected chi connectivity index (χ1v) is 11.0. The number of nitrogens with zero attached hydrogens (tertiary/aromatic N) is 1. The second-order valence-electron chi connectivity index (χ2n) is 7.02. The molecule has 7 nitrogen and oxygen atoms in total.